The number of imide groups is 1. The summed E-state index contributed by atoms with van der Waals surface area (Å²) in [5, 5.41) is 15.8. The van der Waals surface area contributed by atoms with Crippen molar-refractivity contribution in [3.63, 3.8) is 0 Å². The molecule has 0 atom stereocenters. The molecule has 2 N–H and O–H groups in total. The number of urea groups is 1. The Balaban J connectivity index is 1.94. The summed E-state index contributed by atoms with van der Waals surface area (Å²) >= 11 is 0. The van der Waals surface area contributed by atoms with Crippen LogP contribution >= 0.6 is 0 Å². The molecule has 11 nitrogen and oxygen atoms in total. The first-order valence-corrected chi connectivity index (χ1v) is 11.0. The maximum Gasteiger partial charge on any atom is 0.321 e. The van der Waals surface area contributed by atoms with E-state index in [1.807, 2.05) is 13.8 Å². The number of aryl methyl sites for hydroxylation is 1. The number of nitro groups is 1. The number of amides is 3. The summed E-state index contributed by atoms with van der Waals surface area (Å²) in [5.41, 5.74) is 0.139. The molecule has 0 aromatic heterocycles. The van der Waals surface area contributed by atoms with Gasteiger partial charge in [-0.15, -0.1) is 0 Å². The van der Waals surface area contributed by atoms with E-state index < -0.39 is 26.9 Å². The molecule has 0 saturated carbocycles. The van der Waals surface area contributed by atoms with Crippen molar-refractivity contribution in [1.29, 1.82) is 0 Å². The molecule has 166 valence electrons. The van der Waals surface area contributed by atoms with Gasteiger partial charge in [0.05, 0.1) is 16.4 Å². The Morgan fingerprint density at radius 3 is 2.40 bits per heavy atom. The van der Waals surface area contributed by atoms with Gasteiger partial charge in [-0.25, -0.2) is 13.2 Å². The number of hydrogen-bond donors (Lipinski definition) is 2. The van der Waals surface area contributed by atoms with Gasteiger partial charge in [-0.1, -0.05) is 19.9 Å². The third-order valence-corrected chi connectivity index (χ3v) is 6.66. The molecular weight excluding hydrogens is 414 g/mol. The van der Waals surface area contributed by atoms with Crippen LogP contribution in [0, 0.1) is 23.0 Å². The minimum absolute atomic E-state index is 0.0289. The van der Waals surface area contributed by atoms with Crippen molar-refractivity contribution >= 4 is 27.6 Å². The van der Waals surface area contributed by atoms with E-state index in [1.54, 1.807) is 11.8 Å². The highest BCUT2D eigenvalue weighted by molar-refractivity contribution is 7.89. The van der Waals surface area contributed by atoms with Crippen LogP contribution < -0.4 is 10.6 Å². The predicted molar refractivity (Wildman–Crippen MR) is 109 cm³/mol. The maximum absolute atomic E-state index is 12.9. The van der Waals surface area contributed by atoms with Gasteiger partial charge in [0.25, 0.3) is 5.69 Å². The molecule has 0 bridgehead atoms. The highest BCUT2D eigenvalue weighted by atomic mass is 32.2. The Kier molecular flexibility index (Phi) is 7.87. The Bertz CT molecular complexity index is 910. The van der Waals surface area contributed by atoms with Gasteiger partial charge in [-0.2, -0.15) is 4.31 Å². The monoisotopic (exact) mass is 441 g/mol. The van der Waals surface area contributed by atoms with Gasteiger partial charge in [0, 0.05) is 44.9 Å². The molecule has 30 heavy (non-hydrogen) atoms. The predicted octanol–water partition coefficient (Wildman–Crippen LogP) is 0.691. The maximum atomic E-state index is 12.9. The van der Waals surface area contributed by atoms with Gasteiger partial charge < -0.3 is 5.32 Å². The molecule has 1 aliphatic rings. The molecule has 0 radical (unpaired) electrons. The minimum Gasteiger partial charge on any atom is -0.338 e. The van der Waals surface area contributed by atoms with Crippen molar-refractivity contribution in [1.82, 2.24) is 19.8 Å². The number of rotatable bonds is 7. The van der Waals surface area contributed by atoms with Gasteiger partial charge in [-0.3, -0.25) is 25.1 Å². The zero-order chi connectivity index (χ0) is 22.5. The van der Waals surface area contributed by atoms with E-state index in [4.69, 9.17) is 0 Å². The first-order chi connectivity index (χ1) is 14.0. The smallest absolute Gasteiger partial charge is 0.321 e. The zero-order valence-corrected chi connectivity index (χ0v) is 18.1. The molecule has 2 rings (SSSR count). The van der Waals surface area contributed by atoms with Crippen LogP contribution in [0.3, 0.4) is 0 Å². The van der Waals surface area contributed by atoms with Gasteiger partial charge >= 0.3 is 6.03 Å². The Labute approximate surface area is 175 Å². The molecule has 0 unspecified atom stereocenters. The average Bonchev–Trinajstić information content (AvgIpc) is 2.66. The van der Waals surface area contributed by atoms with Crippen LogP contribution in [0.2, 0.25) is 0 Å². The number of nitro benzene ring substituents is 1. The zero-order valence-electron chi connectivity index (χ0n) is 17.3. The van der Waals surface area contributed by atoms with Crippen LogP contribution in [0.25, 0.3) is 0 Å². The molecule has 0 aliphatic carbocycles. The molecule has 1 saturated heterocycles. The van der Waals surface area contributed by atoms with E-state index in [1.165, 1.54) is 16.4 Å². The molecule has 1 aliphatic heterocycles. The first kappa shape index (κ1) is 23.7. The number of carbonyl (C=O) groups is 2. The van der Waals surface area contributed by atoms with Crippen LogP contribution in [0.5, 0.6) is 0 Å². The highest BCUT2D eigenvalue weighted by Gasteiger charge is 2.31. The topological polar surface area (TPSA) is 142 Å². The highest BCUT2D eigenvalue weighted by Crippen LogP contribution is 2.25. The number of hydrogen-bond acceptors (Lipinski definition) is 7. The molecule has 3 amide bonds. The molecule has 12 heteroatoms. The lowest BCUT2D eigenvalue weighted by molar-refractivity contribution is -0.385. The largest absolute Gasteiger partial charge is 0.338 e. The number of piperazine rings is 1. The fourth-order valence-corrected chi connectivity index (χ4v) is 4.62. The number of carbonyl (C=O) groups excluding carboxylic acids is 2. The van der Waals surface area contributed by atoms with Gasteiger partial charge in [-0.05, 0) is 18.4 Å². The number of non-ortho nitro benzene ring substituents is 1. The summed E-state index contributed by atoms with van der Waals surface area (Å²) in [7, 11) is -3.90. The lowest BCUT2D eigenvalue weighted by Crippen LogP contribution is -2.52. The second kappa shape index (κ2) is 9.96. The van der Waals surface area contributed by atoms with E-state index >= 15 is 0 Å². The molecule has 1 aromatic rings. The first-order valence-electron chi connectivity index (χ1n) is 9.56. The average molecular weight is 442 g/mol. The Hall–Kier alpha value is -2.57. The van der Waals surface area contributed by atoms with Gasteiger partial charge in [0.1, 0.15) is 0 Å². The molecule has 0 spiro atoms. The van der Waals surface area contributed by atoms with Gasteiger partial charge in [0.15, 0.2) is 0 Å². The SMILES string of the molecule is Cc1ccc([N+](=O)[O-])cc1S(=O)(=O)N1CCN(CC(=O)NC(=O)NCC(C)C)CC1. The van der Waals surface area contributed by atoms with Gasteiger partial charge in [0.2, 0.25) is 15.9 Å². The summed E-state index contributed by atoms with van der Waals surface area (Å²) in [6.07, 6.45) is 0. The van der Waals surface area contributed by atoms with E-state index in [2.05, 4.69) is 10.6 Å². The summed E-state index contributed by atoms with van der Waals surface area (Å²) in [6, 6.07) is 3.19. The standard InChI is InChI=1S/C18H27N5O6S/c1-13(2)11-19-18(25)20-17(24)12-21-6-8-22(9-7-21)30(28,29)16-10-15(23(26)27)5-4-14(16)3/h4-5,10,13H,6-9,11-12H2,1-3H3,(H2,19,20,24,25). The quantitative estimate of drug-likeness (QED) is 0.468. The molecular formula is C18H27N5O6S. The van der Waals surface area contributed by atoms with Crippen LogP contribution in [-0.2, 0) is 14.8 Å². The van der Waals surface area contributed by atoms with Crippen LogP contribution in [0.1, 0.15) is 19.4 Å². The number of sulfonamides is 1. The van der Waals surface area contributed by atoms with Crippen molar-refractivity contribution < 1.29 is 22.9 Å². The molecule has 1 aromatic carbocycles. The summed E-state index contributed by atoms with van der Waals surface area (Å²) < 4.78 is 27.1. The lowest BCUT2D eigenvalue weighted by Gasteiger charge is -2.33. The normalized spacial score (nSPS) is 15.7. The van der Waals surface area contributed by atoms with Crippen LogP contribution in [-0.4, -0.2) is 73.8 Å². The van der Waals surface area contributed by atoms with E-state index in [0.717, 1.165) is 6.07 Å². The Morgan fingerprint density at radius 1 is 1.20 bits per heavy atom. The fourth-order valence-electron chi connectivity index (χ4n) is 2.96. The molecule has 1 fully saturated rings. The number of nitrogens with one attached hydrogen (secondary N) is 2. The third kappa shape index (κ3) is 6.21. The summed E-state index contributed by atoms with van der Waals surface area (Å²) in [4.78, 5) is 35.7. The Morgan fingerprint density at radius 2 is 1.83 bits per heavy atom. The van der Waals surface area contributed by atoms with E-state index in [9.17, 15) is 28.1 Å². The summed E-state index contributed by atoms with van der Waals surface area (Å²) in [5.74, 6) is -0.211. The van der Waals surface area contributed by atoms with Crippen molar-refractivity contribution in [2.75, 3.05) is 39.3 Å². The fraction of sp³-hybridized carbons (Fsp3) is 0.556. The van der Waals surface area contributed by atoms with Crippen LogP contribution in [0.4, 0.5) is 10.5 Å². The summed E-state index contributed by atoms with van der Waals surface area (Å²) in [6.45, 7) is 6.75. The third-order valence-electron chi connectivity index (χ3n) is 4.62. The van der Waals surface area contributed by atoms with Crippen molar-refractivity contribution in [2.24, 2.45) is 5.92 Å². The van der Waals surface area contributed by atoms with Crippen molar-refractivity contribution in [3.05, 3.63) is 33.9 Å². The number of benzene rings is 1. The second-order valence-electron chi connectivity index (χ2n) is 7.54. The minimum atomic E-state index is -3.90. The molecule has 1 heterocycles. The lowest BCUT2D eigenvalue weighted by atomic mass is 10.2. The van der Waals surface area contributed by atoms with Crippen molar-refractivity contribution in [3.8, 4) is 0 Å². The van der Waals surface area contributed by atoms with E-state index in [-0.39, 0.29) is 36.1 Å². The second-order valence-corrected chi connectivity index (χ2v) is 9.45. The number of nitrogens with zero attached hydrogens (tertiary/aromatic N) is 3. The van der Waals surface area contributed by atoms with Crippen molar-refractivity contribution in [2.45, 2.75) is 25.7 Å². The van der Waals surface area contributed by atoms with Crippen LogP contribution in [0.15, 0.2) is 23.1 Å². The van der Waals surface area contributed by atoms with E-state index in [0.29, 0.717) is 25.2 Å².